The van der Waals surface area contributed by atoms with Crippen LogP contribution in [0.5, 0.6) is 0 Å². The third-order valence-corrected chi connectivity index (χ3v) is 7.94. The van der Waals surface area contributed by atoms with Crippen LogP contribution in [-0.4, -0.2) is 54.6 Å². The third kappa shape index (κ3) is 36.4. The van der Waals surface area contributed by atoms with E-state index in [-0.39, 0.29) is 12.6 Å². The van der Waals surface area contributed by atoms with Gasteiger partial charge in [-0.2, -0.15) is 0 Å². The van der Waals surface area contributed by atoms with Crippen molar-refractivity contribution in [3.05, 3.63) is 0 Å². The maximum atomic E-state index is 11.8. The van der Waals surface area contributed by atoms with Crippen molar-refractivity contribution in [1.29, 1.82) is 0 Å². The van der Waals surface area contributed by atoms with Crippen LogP contribution in [0.15, 0.2) is 0 Å². The van der Waals surface area contributed by atoms with E-state index in [0.717, 1.165) is 62.8 Å². The van der Waals surface area contributed by atoms with Crippen molar-refractivity contribution in [3.63, 3.8) is 0 Å². The first-order valence-corrected chi connectivity index (χ1v) is 19.0. The largest absolute Gasteiger partial charge is 0.465 e. The lowest BCUT2D eigenvalue weighted by molar-refractivity contribution is 0.0924. The van der Waals surface area contributed by atoms with Gasteiger partial charge in [0.2, 0.25) is 0 Å². The zero-order chi connectivity index (χ0) is 33.6. The van der Waals surface area contributed by atoms with Crippen molar-refractivity contribution in [1.82, 2.24) is 10.2 Å². The van der Waals surface area contributed by atoms with Crippen LogP contribution in [0.2, 0.25) is 0 Å². The standard InChI is InChI=1S/C19H37NO4.C18H37NO2/c1-3-5-7-9-10-11-12-13-15-17-24-19(23)20(18(21)22)16-14-8-6-4-2;1-3-5-7-9-10-11-12-13-15-17-21-18(20)19-16-14-8-6-4-2/h3-17H2,1-2H3,(H,21,22);3-17H2,1-2H3,(H,19,20). The van der Waals surface area contributed by atoms with E-state index in [4.69, 9.17) is 14.6 Å². The summed E-state index contributed by atoms with van der Waals surface area (Å²) in [6.07, 6.45) is 28.7. The zero-order valence-electron chi connectivity index (χ0n) is 30.1. The van der Waals surface area contributed by atoms with Crippen LogP contribution in [0.4, 0.5) is 14.4 Å². The van der Waals surface area contributed by atoms with Crippen LogP contribution in [-0.2, 0) is 9.47 Å². The minimum absolute atomic E-state index is 0.228. The van der Waals surface area contributed by atoms with Gasteiger partial charge in [-0.3, -0.25) is 0 Å². The molecule has 0 heterocycles. The molecule has 8 heteroatoms. The van der Waals surface area contributed by atoms with Gasteiger partial charge in [-0.1, -0.05) is 169 Å². The molecule has 0 saturated carbocycles. The van der Waals surface area contributed by atoms with Crippen LogP contribution >= 0.6 is 0 Å². The van der Waals surface area contributed by atoms with Crippen LogP contribution in [0, 0.1) is 0 Å². The van der Waals surface area contributed by atoms with Crippen LogP contribution in [0.1, 0.15) is 195 Å². The second kappa shape index (κ2) is 38.2. The molecular weight excluding hydrogens is 568 g/mol. The molecule has 0 fully saturated rings. The third-order valence-electron chi connectivity index (χ3n) is 7.94. The summed E-state index contributed by atoms with van der Waals surface area (Å²) in [6, 6.07) is 0. The van der Waals surface area contributed by atoms with Crippen LogP contribution in [0.25, 0.3) is 0 Å². The van der Waals surface area contributed by atoms with Crippen molar-refractivity contribution in [3.8, 4) is 0 Å². The van der Waals surface area contributed by atoms with Gasteiger partial charge in [0.25, 0.3) is 0 Å². The number of alkyl carbamates (subject to hydrolysis) is 1. The average Bonchev–Trinajstić information content (AvgIpc) is 3.02. The molecule has 0 spiro atoms. The molecule has 0 rings (SSSR count). The molecule has 0 aliphatic carbocycles. The summed E-state index contributed by atoms with van der Waals surface area (Å²) in [5.41, 5.74) is 0. The Hall–Kier alpha value is -1.99. The maximum Gasteiger partial charge on any atom is 0.419 e. The Balaban J connectivity index is 0. The Bertz CT molecular complexity index is 646. The Kier molecular flexibility index (Phi) is 38.3. The maximum absolute atomic E-state index is 11.8. The molecule has 0 unspecified atom stereocenters. The highest BCUT2D eigenvalue weighted by Crippen LogP contribution is 2.11. The van der Waals surface area contributed by atoms with Crippen molar-refractivity contribution in [2.75, 3.05) is 26.3 Å². The van der Waals surface area contributed by atoms with Gasteiger partial charge in [-0.05, 0) is 25.7 Å². The fraction of sp³-hybridized carbons (Fsp3) is 0.919. The summed E-state index contributed by atoms with van der Waals surface area (Å²) in [5.74, 6) is 0. The van der Waals surface area contributed by atoms with E-state index in [2.05, 4.69) is 33.0 Å². The number of carbonyl (C=O) groups is 3. The Labute approximate surface area is 278 Å². The first-order chi connectivity index (χ1) is 21.9. The highest BCUT2D eigenvalue weighted by molar-refractivity contribution is 5.86. The van der Waals surface area contributed by atoms with Gasteiger partial charge in [0.05, 0.1) is 13.2 Å². The van der Waals surface area contributed by atoms with Crippen molar-refractivity contribution < 1.29 is 29.0 Å². The lowest BCUT2D eigenvalue weighted by Crippen LogP contribution is -2.37. The summed E-state index contributed by atoms with van der Waals surface area (Å²) in [6.45, 7) is 10.6. The van der Waals surface area contributed by atoms with Crippen LogP contribution < -0.4 is 5.32 Å². The molecule has 2 N–H and O–H groups in total. The van der Waals surface area contributed by atoms with E-state index in [1.807, 2.05) is 0 Å². The molecule has 0 radical (unpaired) electrons. The van der Waals surface area contributed by atoms with Gasteiger partial charge < -0.3 is 19.9 Å². The quantitative estimate of drug-likeness (QED) is 0.0755. The number of hydrogen-bond acceptors (Lipinski definition) is 5. The van der Waals surface area contributed by atoms with E-state index in [9.17, 15) is 14.4 Å². The lowest BCUT2D eigenvalue weighted by Gasteiger charge is -2.16. The molecule has 0 atom stereocenters. The molecule has 0 aromatic rings. The minimum atomic E-state index is -1.22. The fourth-order valence-electron chi connectivity index (χ4n) is 4.98. The number of amides is 3. The van der Waals surface area contributed by atoms with E-state index in [1.54, 1.807) is 0 Å². The number of ether oxygens (including phenoxy) is 2. The molecule has 0 aliphatic heterocycles. The molecular formula is C37H74N2O6. The summed E-state index contributed by atoms with van der Waals surface area (Å²) >= 11 is 0. The first-order valence-electron chi connectivity index (χ1n) is 19.0. The number of carboxylic acid groups (broad SMARTS) is 1. The SMILES string of the molecule is CCCCCCCCCCCOC(=O)N(CCCCCC)C(=O)O.CCCCCCCCCCCOC(=O)NCCCCCC. The molecule has 0 saturated heterocycles. The number of imide groups is 1. The number of carbonyl (C=O) groups excluding carboxylic acids is 2. The van der Waals surface area contributed by atoms with E-state index in [0.29, 0.717) is 19.6 Å². The second-order valence-corrected chi connectivity index (χ2v) is 12.4. The molecule has 268 valence electrons. The van der Waals surface area contributed by atoms with Gasteiger partial charge in [0.1, 0.15) is 0 Å². The second-order valence-electron chi connectivity index (χ2n) is 12.4. The van der Waals surface area contributed by atoms with Gasteiger partial charge >= 0.3 is 18.3 Å². The summed E-state index contributed by atoms with van der Waals surface area (Å²) in [7, 11) is 0. The number of nitrogens with one attached hydrogen (secondary N) is 1. The highest BCUT2D eigenvalue weighted by Gasteiger charge is 2.21. The van der Waals surface area contributed by atoms with Crippen molar-refractivity contribution in [2.24, 2.45) is 0 Å². The molecule has 0 bridgehead atoms. The number of nitrogens with zero attached hydrogens (tertiary/aromatic N) is 1. The van der Waals surface area contributed by atoms with Gasteiger partial charge in [-0.15, -0.1) is 0 Å². The average molecular weight is 643 g/mol. The topological polar surface area (TPSA) is 105 Å². The monoisotopic (exact) mass is 643 g/mol. The highest BCUT2D eigenvalue weighted by atomic mass is 16.6. The zero-order valence-corrected chi connectivity index (χ0v) is 30.1. The Morgan fingerprint density at radius 2 is 0.844 bits per heavy atom. The van der Waals surface area contributed by atoms with Crippen LogP contribution in [0.3, 0.4) is 0 Å². The molecule has 0 aromatic heterocycles. The van der Waals surface area contributed by atoms with Gasteiger partial charge in [0.15, 0.2) is 0 Å². The summed E-state index contributed by atoms with van der Waals surface area (Å²) in [4.78, 5) is 35.1. The normalized spacial score (nSPS) is 10.6. The summed E-state index contributed by atoms with van der Waals surface area (Å²) < 4.78 is 10.2. The molecule has 0 aromatic carbocycles. The minimum Gasteiger partial charge on any atom is -0.465 e. The van der Waals surface area contributed by atoms with E-state index < -0.39 is 12.2 Å². The molecule has 8 nitrogen and oxygen atoms in total. The molecule has 45 heavy (non-hydrogen) atoms. The lowest BCUT2D eigenvalue weighted by atomic mass is 10.1. The number of unbranched alkanes of at least 4 members (excludes halogenated alkanes) is 22. The summed E-state index contributed by atoms with van der Waals surface area (Å²) in [5, 5.41) is 11.9. The molecule has 0 aliphatic rings. The Morgan fingerprint density at radius 1 is 0.489 bits per heavy atom. The van der Waals surface area contributed by atoms with E-state index in [1.165, 1.54) is 109 Å². The first kappa shape index (κ1) is 45.1. The number of hydrogen-bond donors (Lipinski definition) is 2. The predicted molar refractivity (Wildman–Crippen MR) is 188 cm³/mol. The predicted octanol–water partition coefficient (Wildman–Crippen LogP) is 12.0. The van der Waals surface area contributed by atoms with E-state index >= 15 is 0 Å². The van der Waals surface area contributed by atoms with Crippen molar-refractivity contribution in [2.45, 2.75) is 195 Å². The van der Waals surface area contributed by atoms with Gasteiger partial charge in [-0.25, -0.2) is 19.3 Å². The van der Waals surface area contributed by atoms with Gasteiger partial charge in [0, 0.05) is 13.1 Å². The molecule has 3 amide bonds. The van der Waals surface area contributed by atoms with Crippen molar-refractivity contribution >= 4 is 18.3 Å². The number of rotatable bonds is 30. The Morgan fingerprint density at radius 3 is 1.27 bits per heavy atom. The fourth-order valence-corrected chi connectivity index (χ4v) is 4.98. The smallest absolute Gasteiger partial charge is 0.419 e.